The van der Waals surface area contributed by atoms with Crippen molar-refractivity contribution < 1.29 is 18.0 Å². The molecule has 0 aliphatic carbocycles. The predicted molar refractivity (Wildman–Crippen MR) is 147 cm³/mol. The number of hydrogen-bond acceptors (Lipinski definition) is 4. The van der Waals surface area contributed by atoms with Gasteiger partial charge < -0.3 is 10.2 Å². The Balaban J connectivity index is 2.07. The molecule has 3 aromatic rings. The Morgan fingerprint density at radius 1 is 0.838 bits per heavy atom. The summed E-state index contributed by atoms with van der Waals surface area (Å²) in [4.78, 5) is 28.6. The van der Waals surface area contributed by atoms with Crippen molar-refractivity contribution >= 4 is 27.5 Å². The van der Waals surface area contributed by atoms with Gasteiger partial charge in [-0.05, 0) is 62.1 Å². The van der Waals surface area contributed by atoms with Crippen LogP contribution in [0.3, 0.4) is 0 Å². The molecule has 7 nitrogen and oxygen atoms in total. The van der Waals surface area contributed by atoms with Crippen molar-refractivity contribution in [1.82, 2.24) is 10.2 Å². The predicted octanol–water partition coefficient (Wildman–Crippen LogP) is 4.44. The van der Waals surface area contributed by atoms with E-state index in [0.29, 0.717) is 18.7 Å². The van der Waals surface area contributed by atoms with E-state index in [1.807, 2.05) is 64.1 Å². The van der Waals surface area contributed by atoms with Crippen LogP contribution in [0.4, 0.5) is 5.69 Å². The van der Waals surface area contributed by atoms with Crippen molar-refractivity contribution in [2.45, 2.75) is 51.6 Å². The van der Waals surface area contributed by atoms with E-state index in [1.165, 1.54) is 17.0 Å². The third-order valence-corrected chi connectivity index (χ3v) is 8.11. The number of likely N-dealkylation sites (N-methyl/N-ethyl adjacent to an activating group) is 1. The van der Waals surface area contributed by atoms with Crippen molar-refractivity contribution in [3.8, 4) is 0 Å². The van der Waals surface area contributed by atoms with E-state index >= 15 is 0 Å². The largest absolute Gasteiger partial charge is 0.355 e. The Hall–Kier alpha value is -3.65. The zero-order chi connectivity index (χ0) is 27.0. The van der Waals surface area contributed by atoms with Crippen molar-refractivity contribution in [1.29, 1.82) is 0 Å². The minimum atomic E-state index is -4.06. The van der Waals surface area contributed by atoms with Crippen LogP contribution in [-0.4, -0.2) is 44.3 Å². The van der Waals surface area contributed by atoms with Crippen LogP contribution in [0.25, 0.3) is 0 Å². The van der Waals surface area contributed by atoms with Gasteiger partial charge >= 0.3 is 0 Å². The second-order valence-electron chi connectivity index (χ2n) is 8.88. The molecule has 0 radical (unpaired) electrons. The Morgan fingerprint density at radius 2 is 1.43 bits per heavy atom. The number of nitrogens with one attached hydrogen (secondary N) is 1. The van der Waals surface area contributed by atoms with Crippen LogP contribution in [-0.2, 0) is 26.2 Å². The van der Waals surface area contributed by atoms with E-state index in [1.54, 1.807) is 30.3 Å². The van der Waals surface area contributed by atoms with Gasteiger partial charge in [0.05, 0.1) is 10.6 Å². The lowest BCUT2D eigenvalue weighted by Gasteiger charge is -2.33. The highest BCUT2D eigenvalue weighted by molar-refractivity contribution is 7.92. The van der Waals surface area contributed by atoms with Gasteiger partial charge in [0.25, 0.3) is 10.0 Å². The van der Waals surface area contributed by atoms with E-state index in [9.17, 15) is 18.0 Å². The number of benzene rings is 3. The molecule has 0 aromatic heterocycles. The average Bonchev–Trinajstić information content (AvgIpc) is 2.89. The van der Waals surface area contributed by atoms with Gasteiger partial charge in [0.15, 0.2) is 0 Å². The number of carbonyl (C=O) groups is 2. The normalized spacial score (nSPS) is 12.0. The Bertz CT molecular complexity index is 1330. The van der Waals surface area contributed by atoms with E-state index in [2.05, 4.69) is 5.32 Å². The molecule has 0 aliphatic rings. The molecule has 0 bridgehead atoms. The van der Waals surface area contributed by atoms with Crippen LogP contribution in [0, 0.1) is 13.8 Å². The number of nitrogens with zero attached hydrogens (tertiary/aromatic N) is 2. The monoisotopic (exact) mass is 521 g/mol. The number of anilines is 1. The zero-order valence-corrected chi connectivity index (χ0v) is 22.7. The molecular formula is C29H35N3O4S. The number of para-hydroxylation sites is 1. The SMILES string of the molecule is CCNC(=O)[C@@H](CC)N(Cc1ccccc1C)C(=O)CN(c1ccccc1C)S(=O)(=O)c1ccccc1. The minimum Gasteiger partial charge on any atom is -0.355 e. The summed E-state index contributed by atoms with van der Waals surface area (Å²) in [5, 5.41) is 2.82. The van der Waals surface area contributed by atoms with Crippen LogP contribution < -0.4 is 9.62 Å². The highest BCUT2D eigenvalue weighted by Crippen LogP contribution is 2.27. The van der Waals surface area contributed by atoms with Gasteiger partial charge in [-0.3, -0.25) is 13.9 Å². The lowest BCUT2D eigenvalue weighted by molar-refractivity contribution is -0.140. The molecule has 8 heteroatoms. The second-order valence-corrected chi connectivity index (χ2v) is 10.7. The first-order valence-electron chi connectivity index (χ1n) is 12.5. The third kappa shape index (κ3) is 6.57. The van der Waals surface area contributed by atoms with Gasteiger partial charge in [-0.2, -0.15) is 0 Å². The van der Waals surface area contributed by atoms with E-state index in [4.69, 9.17) is 0 Å². The number of aryl methyl sites for hydroxylation is 2. The summed E-state index contributed by atoms with van der Waals surface area (Å²) in [5.41, 5.74) is 3.02. The van der Waals surface area contributed by atoms with Crippen LogP contribution in [0.1, 0.15) is 37.0 Å². The Morgan fingerprint density at radius 3 is 2.03 bits per heavy atom. The Labute approximate surface area is 220 Å². The molecule has 0 fully saturated rings. The van der Waals surface area contributed by atoms with E-state index in [-0.39, 0.29) is 17.3 Å². The van der Waals surface area contributed by atoms with Crippen molar-refractivity contribution in [3.05, 3.63) is 95.6 Å². The molecule has 2 amide bonds. The summed E-state index contributed by atoms with van der Waals surface area (Å²) in [6.45, 7) is 7.60. The fourth-order valence-electron chi connectivity index (χ4n) is 4.26. The second kappa shape index (κ2) is 12.5. The molecular weight excluding hydrogens is 486 g/mol. The average molecular weight is 522 g/mol. The zero-order valence-electron chi connectivity index (χ0n) is 21.8. The molecule has 3 aromatic carbocycles. The molecule has 0 spiro atoms. The van der Waals surface area contributed by atoms with Gasteiger partial charge in [0.2, 0.25) is 11.8 Å². The highest BCUT2D eigenvalue weighted by atomic mass is 32.2. The topological polar surface area (TPSA) is 86.8 Å². The fourth-order valence-corrected chi connectivity index (χ4v) is 5.76. The van der Waals surface area contributed by atoms with Crippen LogP contribution in [0.15, 0.2) is 83.8 Å². The maximum Gasteiger partial charge on any atom is 0.264 e. The number of carbonyl (C=O) groups excluding carboxylic acids is 2. The molecule has 1 N–H and O–H groups in total. The standard InChI is InChI=1S/C29H35N3O4S/c1-5-26(29(34)30-6-2)31(20-24-16-12-10-14-22(24)3)28(33)21-32(27-19-13-11-15-23(27)4)37(35,36)25-17-8-7-9-18-25/h7-19,26H,5-6,20-21H2,1-4H3,(H,30,34)/t26-/m1/s1. The van der Waals surface area contributed by atoms with E-state index in [0.717, 1.165) is 21.0 Å². The summed E-state index contributed by atoms with van der Waals surface area (Å²) in [6, 6.07) is 22.1. The van der Waals surface area contributed by atoms with Gasteiger partial charge in [0, 0.05) is 13.1 Å². The molecule has 1 atom stereocenters. The van der Waals surface area contributed by atoms with Crippen LogP contribution in [0.5, 0.6) is 0 Å². The lowest BCUT2D eigenvalue weighted by Crippen LogP contribution is -2.52. The fraction of sp³-hybridized carbons (Fsp3) is 0.310. The highest BCUT2D eigenvalue weighted by Gasteiger charge is 2.34. The van der Waals surface area contributed by atoms with Gasteiger partial charge in [0.1, 0.15) is 12.6 Å². The van der Waals surface area contributed by atoms with Crippen LogP contribution >= 0.6 is 0 Å². The number of hydrogen-bond donors (Lipinski definition) is 1. The summed E-state index contributed by atoms with van der Waals surface area (Å²) in [5.74, 6) is -0.718. The van der Waals surface area contributed by atoms with Crippen LogP contribution in [0.2, 0.25) is 0 Å². The van der Waals surface area contributed by atoms with E-state index < -0.39 is 28.5 Å². The number of rotatable bonds is 11. The maximum absolute atomic E-state index is 14.0. The number of sulfonamides is 1. The molecule has 196 valence electrons. The first kappa shape index (κ1) is 27.9. The van der Waals surface area contributed by atoms with Gasteiger partial charge in [-0.25, -0.2) is 8.42 Å². The molecule has 0 heterocycles. The summed E-state index contributed by atoms with van der Waals surface area (Å²) >= 11 is 0. The molecule has 37 heavy (non-hydrogen) atoms. The Kier molecular flexibility index (Phi) is 9.47. The first-order valence-corrected chi connectivity index (χ1v) is 13.9. The van der Waals surface area contributed by atoms with Gasteiger partial charge in [-0.15, -0.1) is 0 Å². The van der Waals surface area contributed by atoms with Crippen molar-refractivity contribution in [2.24, 2.45) is 0 Å². The maximum atomic E-state index is 14.0. The lowest BCUT2D eigenvalue weighted by atomic mass is 10.1. The third-order valence-electron chi connectivity index (χ3n) is 6.33. The van der Waals surface area contributed by atoms with Crippen molar-refractivity contribution in [2.75, 3.05) is 17.4 Å². The first-order chi connectivity index (χ1) is 17.7. The minimum absolute atomic E-state index is 0.0901. The molecule has 0 aliphatic heterocycles. The molecule has 0 unspecified atom stereocenters. The van der Waals surface area contributed by atoms with Crippen molar-refractivity contribution in [3.63, 3.8) is 0 Å². The number of amides is 2. The summed E-state index contributed by atoms with van der Waals surface area (Å²) < 4.78 is 28.8. The quantitative estimate of drug-likeness (QED) is 0.404. The molecule has 0 saturated heterocycles. The molecule has 0 saturated carbocycles. The molecule has 3 rings (SSSR count). The smallest absolute Gasteiger partial charge is 0.264 e. The van der Waals surface area contributed by atoms with Gasteiger partial charge in [-0.1, -0.05) is 67.6 Å². The summed E-state index contributed by atoms with van der Waals surface area (Å²) in [7, 11) is -4.06. The summed E-state index contributed by atoms with van der Waals surface area (Å²) in [6.07, 6.45) is 0.388.